The minimum Gasteiger partial charge on any atom is -0.506 e. The van der Waals surface area contributed by atoms with Crippen molar-refractivity contribution in [2.75, 3.05) is 24.0 Å². The number of hydrogen-bond acceptors (Lipinski definition) is 5. The summed E-state index contributed by atoms with van der Waals surface area (Å²) in [5.74, 6) is -1.41. The summed E-state index contributed by atoms with van der Waals surface area (Å²) < 4.78 is 4.81. The van der Waals surface area contributed by atoms with Crippen molar-refractivity contribution in [3.8, 4) is 5.75 Å². The number of rotatable bonds is 2. The van der Waals surface area contributed by atoms with Crippen LogP contribution >= 0.6 is 0 Å². The zero-order chi connectivity index (χ0) is 20.7. The Morgan fingerprint density at radius 2 is 1.72 bits per heavy atom. The Morgan fingerprint density at radius 3 is 2.45 bits per heavy atom. The number of para-hydroxylation sites is 2. The van der Waals surface area contributed by atoms with E-state index in [1.54, 1.807) is 55.6 Å². The minimum absolute atomic E-state index is 0.0767. The Kier molecular flexibility index (Phi) is 4.43. The SMILES string of the molecule is COC(=O)c1ccc2ccc3c(c2c1)N(C)C(=O)CC(=O)N3c1ccccc1O. The molecule has 0 saturated heterocycles. The van der Waals surface area contributed by atoms with Gasteiger partial charge in [-0.05, 0) is 35.7 Å². The van der Waals surface area contributed by atoms with E-state index in [-0.39, 0.29) is 23.8 Å². The first-order valence-electron chi connectivity index (χ1n) is 8.95. The fourth-order valence-corrected chi connectivity index (χ4v) is 3.57. The van der Waals surface area contributed by atoms with Gasteiger partial charge in [-0.1, -0.05) is 24.3 Å². The molecule has 1 aliphatic heterocycles. The van der Waals surface area contributed by atoms with Crippen LogP contribution in [-0.4, -0.2) is 37.0 Å². The van der Waals surface area contributed by atoms with Gasteiger partial charge in [0.2, 0.25) is 11.8 Å². The molecule has 0 bridgehead atoms. The molecule has 0 spiro atoms. The van der Waals surface area contributed by atoms with E-state index in [2.05, 4.69) is 0 Å². The maximum Gasteiger partial charge on any atom is 0.337 e. The first-order chi connectivity index (χ1) is 13.9. The van der Waals surface area contributed by atoms with Crippen molar-refractivity contribution in [3.05, 3.63) is 60.2 Å². The van der Waals surface area contributed by atoms with E-state index in [0.29, 0.717) is 22.3 Å². The average molecular weight is 390 g/mol. The molecule has 3 aromatic rings. The van der Waals surface area contributed by atoms with Crippen LogP contribution in [0.4, 0.5) is 17.1 Å². The van der Waals surface area contributed by atoms with Gasteiger partial charge in [-0.3, -0.25) is 14.5 Å². The van der Waals surface area contributed by atoms with Crippen LogP contribution in [0.15, 0.2) is 54.6 Å². The summed E-state index contributed by atoms with van der Waals surface area (Å²) in [6.07, 6.45) is -0.350. The van der Waals surface area contributed by atoms with Gasteiger partial charge in [-0.2, -0.15) is 0 Å². The maximum atomic E-state index is 12.9. The number of amides is 2. The minimum atomic E-state index is -0.499. The van der Waals surface area contributed by atoms with Crippen molar-refractivity contribution < 1.29 is 24.2 Å². The standard InChI is InChI=1S/C22H18N2O5/c1-23-19(26)12-20(27)24(16-5-3-4-6-18(16)25)17-10-9-13-7-8-14(22(28)29-2)11-15(13)21(17)23/h3-11,25H,12H2,1-2H3. The molecule has 0 unspecified atom stereocenters. The Hall–Kier alpha value is -3.87. The number of hydrogen-bond donors (Lipinski definition) is 1. The molecule has 7 heteroatoms. The van der Waals surface area contributed by atoms with Gasteiger partial charge >= 0.3 is 5.97 Å². The third-order valence-corrected chi connectivity index (χ3v) is 5.02. The zero-order valence-electron chi connectivity index (χ0n) is 15.9. The summed E-state index contributed by atoms with van der Waals surface area (Å²) in [5.41, 5.74) is 1.54. The molecule has 2 amide bonds. The number of carbonyl (C=O) groups is 3. The molecule has 29 heavy (non-hydrogen) atoms. The number of ether oxygens (including phenoxy) is 1. The molecule has 0 aliphatic carbocycles. The number of phenols is 1. The van der Waals surface area contributed by atoms with E-state index in [9.17, 15) is 19.5 Å². The first-order valence-corrected chi connectivity index (χ1v) is 8.95. The van der Waals surface area contributed by atoms with Gasteiger partial charge < -0.3 is 14.7 Å². The Balaban J connectivity index is 2.05. The molecule has 7 nitrogen and oxygen atoms in total. The summed E-state index contributed by atoms with van der Waals surface area (Å²) in [5, 5.41) is 11.8. The van der Waals surface area contributed by atoms with Crippen LogP contribution in [-0.2, 0) is 14.3 Å². The van der Waals surface area contributed by atoms with Gasteiger partial charge in [0, 0.05) is 12.4 Å². The highest BCUT2D eigenvalue weighted by Crippen LogP contribution is 2.44. The van der Waals surface area contributed by atoms with Gasteiger partial charge in [0.1, 0.15) is 12.2 Å². The van der Waals surface area contributed by atoms with Crippen molar-refractivity contribution in [1.29, 1.82) is 0 Å². The molecule has 0 aromatic heterocycles. The van der Waals surface area contributed by atoms with E-state index in [1.165, 1.54) is 23.0 Å². The number of anilines is 3. The molecule has 1 N–H and O–H groups in total. The molecular formula is C22H18N2O5. The molecule has 1 heterocycles. The van der Waals surface area contributed by atoms with Gasteiger partial charge in [-0.25, -0.2) is 4.79 Å². The lowest BCUT2D eigenvalue weighted by molar-refractivity contribution is -0.125. The lowest BCUT2D eigenvalue weighted by Gasteiger charge is -2.26. The summed E-state index contributed by atoms with van der Waals surface area (Å²) in [7, 11) is 2.89. The molecule has 1 aliphatic rings. The van der Waals surface area contributed by atoms with E-state index in [4.69, 9.17) is 4.74 Å². The Labute approximate surface area is 166 Å². The molecule has 0 atom stereocenters. The number of carbonyl (C=O) groups excluding carboxylic acids is 3. The fraction of sp³-hybridized carbons (Fsp3) is 0.136. The van der Waals surface area contributed by atoms with Gasteiger partial charge in [0.25, 0.3) is 0 Å². The summed E-state index contributed by atoms with van der Waals surface area (Å²) in [4.78, 5) is 40.4. The fourth-order valence-electron chi connectivity index (χ4n) is 3.57. The maximum absolute atomic E-state index is 12.9. The molecular weight excluding hydrogens is 372 g/mol. The van der Waals surface area contributed by atoms with Crippen molar-refractivity contribution >= 4 is 45.6 Å². The van der Waals surface area contributed by atoms with E-state index in [1.807, 2.05) is 0 Å². The van der Waals surface area contributed by atoms with Crippen LogP contribution in [0, 0.1) is 0 Å². The average Bonchev–Trinajstić information content (AvgIpc) is 2.82. The van der Waals surface area contributed by atoms with E-state index >= 15 is 0 Å². The van der Waals surface area contributed by atoms with Crippen LogP contribution in [0.5, 0.6) is 5.75 Å². The smallest absolute Gasteiger partial charge is 0.337 e. The highest BCUT2D eigenvalue weighted by Gasteiger charge is 2.33. The van der Waals surface area contributed by atoms with Crippen LogP contribution in [0.1, 0.15) is 16.8 Å². The lowest BCUT2D eigenvalue weighted by Crippen LogP contribution is -2.28. The summed E-state index contributed by atoms with van der Waals surface area (Å²) >= 11 is 0. The van der Waals surface area contributed by atoms with E-state index in [0.717, 1.165) is 5.39 Å². The predicted octanol–water partition coefficient (Wildman–Crippen LogP) is 3.36. The summed E-state index contributed by atoms with van der Waals surface area (Å²) in [6, 6.07) is 15.0. The van der Waals surface area contributed by atoms with E-state index < -0.39 is 11.9 Å². The predicted molar refractivity (Wildman–Crippen MR) is 109 cm³/mol. The monoisotopic (exact) mass is 390 g/mol. The number of phenolic OH excluding ortho intramolecular Hbond substituents is 1. The lowest BCUT2D eigenvalue weighted by atomic mass is 10.0. The zero-order valence-corrected chi connectivity index (χ0v) is 15.9. The molecule has 0 fully saturated rings. The largest absolute Gasteiger partial charge is 0.506 e. The van der Waals surface area contributed by atoms with Crippen molar-refractivity contribution in [3.63, 3.8) is 0 Å². The third kappa shape index (κ3) is 2.97. The van der Waals surface area contributed by atoms with Crippen LogP contribution in [0.2, 0.25) is 0 Å². The second-order valence-corrected chi connectivity index (χ2v) is 6.71. The molecule has 0 saturated carbocycles. The van der Waals surface area contributed by atoms with Crippen molar-refractivity contribution in [2.24, 2.45) is 0 Å². The molecule has 4 rings (SSSR count). The highest BCUT2D eigenvalue weighted by atomic mass is 16.5. The Bertz CT molecular complexity index is 1170. The first kappa shape index (κ1) is 18.5. The van der Waals surface area contributed by atoms with Crippen LogP contribution < -0.4 is 9.80 Å². The highest BCUT2D eigenvalue weighted by molar-refractivity contribution is 6.22. The van der Waals surface area contributed by atoms with Crippen molar-refractivity contribution in [1.82, 2.24) is 0 Å². The number of benzene rings is 3. The van der Waals surface area contributed by atoms with Gasteiger partial charge in [0.15, 0.2) is 0 Å². The third-order valence-electron chi connectivity index (χ3n) is 5.02. The quantitative estimate of drug-likeness (QED) is 0.536. The second kappa shape index (κ2) is 6.94. The van der Waals surface area contributed by atoms with Crippen LogP contribution in [0.3, 0.4) is 0 Å². The second-order valence-electron chi connectivity index (χ2n) is 6.71. The van der Waals surface area contributed by atoms with Gasteiger partial charge in [-0.15, -0.1) is 0 Å². The number of nitrogens with zero attached hydrogens (tertiary/aromatic N) is 2. The normalized spacial score (nSPS) is 14.0. The topological polar surface area (TPSA) is 87.2 Å². The number of aromatic hydroxyl groups is 1. The Morgan fingerprint density at radius 1 is 1.00 bits per heavy atom. The molecule has 3 aromatic carbocycles. The van der Waals surface area contributed by atoms with Gasteiger partial charge in [0.05, 0.1) is 29.7 Å². The number of esters is 1. The number of fused-ring (bicyclic) bond motifs is 3. The number of methoxy groups -OCH3 is 1. The van der Waals surface area contributed by atoms with Crippen molar-refractivity contribution in [2.45, 2.75) is 6.42 Å². The molecule has 146 valence electrons. The van der Waals surface area contributed by atoms with Crippen LogP contribution in [0.25, 0.3) is 10.8 Å². The molecule has 0 radical (unpaired) electrons. The summed E-state index contributed by atoms with van der Waals surface area (Å²) in [6.45, 7) is 0.